The Morgan fingerprint density at radius 2 is 1.94 bits per heavy atom. The van der Waals surface area contributed by atoms with Gasteiger partial charge in [0.25, 0.3) is 5.91 Å². The molecule has 180 valence electrons. The van der Waals surface area contributed by atoms with Crippen LogP contribution in [-0.4, -0.2) is 43.6 Å². The van der Waals surface area contributed by atoms with Gasteiger partial charge < -0.3 is 25.4 Å². The second kappa shape index (κ2) is 9.56. The summed E-state index contributed by atoms with van der Waals surface area (Å²) >= 11 is 1.34. The van der Waals surface area contributed by atoms with E-state index in [1.807, 2.05) is 48.5 Å². The number of hydrogen-bond acceptors (Lipinski definition) is 7. The van der Waals surface area contributed by atoms with E-state index in [0.717, 1.165) is 57.7 Å². The van der Waals surface area contributed by atoms with E-state index in [1.54, 1.807) is 14.2 Å². The number of fused-ring (bicyclic) bond motifs is 2. The average molecular weight is 489 g/mol. The third-order valence-electron chi connectivity index (χ3n) is 6.40. The van der Waals surface area contributed by atoms with Crippen LogP contribution in [-0.2, 0) is 19.5 Å². The zero-order valence-corrected chi connectivity index (χ0v) is 20.9. The lowest BCUT2D eigenvalue weighted by molar-refractivity contribution is 0.0956. The molecule has 1 amide bonds. The predicted octanol–water partition coefficient (Wildman–Crippen LogP) is 4.48. The largest absolute Gasteiger partial charge is 0.493 e. The van der Waals surface area contributed by atoms with Crippen molar-refractivity contribution in [2.45, 2.75) is 19.5 Å². The maximum absolute atomic E-state index is 13.2. The zero-order chi connectivity index (χ0) is 24.5. The van der Waals surface area contributed by atoms with Crippen LogP contribution < -0.4 is 20.5 Å². The topological polar surface area (TPSA) is 89.7 Å². The minimum Gasteiger partial charge on any atom is -0.493 e. The number of benzene rings is 2. The van der Waals surface area contributed by atoms with Crippen molar-refractivity contribution in [3.8, 4) is 22.6 Å². The summed E-state index contributed by atoms with van der Waals surface area (Å²) in [5.41, 5.74) is 12.2. The van der Waals surface area contributed by atoms with E-state index in [9.17, 15) is 4.79 Å². The van der Waals surface area contributed by atoms with Crippen LogP contribution in [0.3, 0.4) is 0 Å². The number of carbonyl (C=O) groups is 1. The van der Waals surface area contributed by atoms with Gasteiger partial charge in [-0.3, -0.25) is 4.79 Å². The number of nitrogen functional groups attached to an aromatic ring is 1. The molecule has 1 aliphatic rings. The second-order valence-electron chi connectivity index (χ2n) is 8.63. The number of hydrogen-bond donors (Lipinski definition) is 2. The Bertz CT molecular complexity index is 1400. The van der Waals surface area contributed by atoms with Gasteiger partial charge in [-0.1, -0.05) is 42.5 Å². The summed E-state index contributed by atoms with van der Waals surface area (Å²) in [5, 5.41) is 3.80. The number of nitrogens with two attached hydrogens (primary N) is 1. The molecule has 0 bridgehead atoms. The molecule has 0 spiro atoms. The molecule has 2 aromatic carbocycles. The number of methoxy groups -OCH3 is 2. The first-order valence-corrected chi connectivity index (χ1v) is 12.3. The van der Waals surface area contributed by atoms with Crippen LogP contribution in [0.15, 0.2) is 48.5 Å². The van der Waals surface area contributed by atoms with Gasteiger partial charge in [0.05, 0.1) is 19.9 Å². The molecule has 7 nitrogen and oxygen atoms in total. The Labute approximate surface area is 208 Å². The number of aromatic nitrogens is 1. The molecule has 2 aromatic heterocycles. The van der Waals surface area contributed by atoms with Crippen molar-refractivity contribution in [2.24, 2.45) is 0 Å². The molecule has 0 saturated heterocycles. The van der Waals surface area contributed by atoms with Gasteiger partial charge in [-0.05, 0) is 24.2 Å². The van der Waals surface area contributed by atoms with Gasteiger partial charge in [0, 0.05) is 48.3 Å². The van der Waals surface area contributed by atoms with Gasteiger partial charge in [-0.15, -0.1) is 11.3 Å². The highest BCUT2D eigenvalue weighted by Gasteiger charge is 2.28. The summed E-state index contributed by atoms with van der Waals surface area (Å²) in [4.78, 5) is 21.7. The van der Waals surface area contributed by atoms with E-state index in [-0.39, 0.29) is 5.91 Å². The summed E-state index contributed by atoms with van der Waals surface area (Å²) in [6.07, 6.45) is 0.828. The molecular weight excluding hydrogens is 460 g/mol. The Balaban J connectivity index is 1.68. The second-order valence-corrected chi connectivity index (χ2v) is 9.63. The molecule has 3 heterocycles. The number of nitrogens with zero attached hydrogens (tertiary/aromatic N) is 2. The SMILES string of the molecule is COc1cccc(-c2c3c(nc4sc(C(=O)NCc5ccccc5)c(N)c24)CCN(C)C3)c1OC. The molecule has 0 radical (unpaired) electrons. The number of carbonyl (C=O) groups excluding carboxylic acids is 1. The Morgan fingerprint density at radius 1 is 1.14 bits per heavy atom. The summed E-state index contributed by atoms with van der Waals surface area (Å²) in [7, 11) is 5.36. The smallest absolute Gasteiger partial charge is 0.263 e. The van der Waals surface area contributed by atoms with Gasteiger partial charge in [-0.25, -0.2) is 4.98 Å². The van der Waals surface area contributed by atoms with E-state index in [4.69, 9.17) is 20.2 Å². The third kappa shape index (κ3) is 4.19. The molecule has 3 N–H and O–H groups in total. The van der Waals surface area contributed by atoms with Crippen molar-refractivity contribution in [1.82, 2.24) is 15.2 Å². The fraction of sp³-hybridized carbons (Fsp3) is 0.259. The average Bonchev–Trinajstić information content (AvgIpc) is 3.21. The highest BCUT2D eigenvalue weighted by atomic mass is 32.1. The van der Waals surface area contributed by atoms with Crippen molar-refractivity contribution in [3.05, 3.63) is 70.2 Å². The number of nitrogens with one attached hydrogen (secondary N) is 1. The molecule has 4 aromatic rings. The number of ether oxygens (including phenoxy) is 2. The molecule has 5 rings (SSSR count). The first-order chi connectivity index (χ1) is 17.0. The normalized spacial score (nSPS) is 13.5. The fourth-order valence-corrected chi connectivity index (χ4v) is 5.71. The predicted molar refractivity (Wildman–Crippen MR) is 140 cm³/mol. The van der Waals surface area contributed by atoms with Crippen molar-refractivity contribution in [2.75, 3.05) is 33.5 Å². The van der Waals surface area contributed by atoms with Gasteiger partial charge in [0.2, 0.25) is 0 Å². The molecule has 1 aliphatic heterocycles. The Kier molecular flexibility index (Phi) is 6.32. The lowest BCUT2D eigenvalue weighted by Crippen LogP contribution is -2.28. The lowest BCUT2D eigenvalue weighted by atomic mass is 9.91. The lowest BCUT2D eigenvalue weighted by Gasteiger charge is -2.27. The maximum atomic E-state index is 13.2. The Morgan fingerprint density at radius 3 is 2.69 bits per heavy atom. The summed E-state index contributed by atoms with van der Waals surface area (Å²) in [5.74, 6) is 1.08. The van der Waals surface area contributed by atoms with Crippen LogP contribution in [0.2, 0.25) is 0 Å². The third-order valence-corrected chi connectivity index (χ3v) is 7.49. The zero-order valence-electron chi connectivity index (χ0n) is 20.1. The van der Waals surface area contributed by atoms with Gasteiger partial charge in [0.15, 0.2) is 11.5 Å². The molecular formula is C27H28N4O3S. The molecule has 8 heteroatoms. The van der Waals surface area contributed by atoms with Crippen molar-refractivity contribution in [3.63, 3.8) is 0 Å². The van der Waals surface area contributed by atoms with E-state index >= 15 is 0 Å². The molecule has 0 fully saturated rings. The van der Waals surface area contributed by atoms with Crippen LogP contribution in [0.5, 0.6) is 11.5 Å². The number of para-hydroxylation sites is 1. The summed E-state index contributed by atoms with van der Waals surface area (Å²) in [6, 6.07) is 15.6. The minimum atomic E-state index is -0.201. The quantitative estimate of drug-likeness (QED) is 0.416. The van der Waals surface area contributed by atoms with Crippen molar-refractivity contribution < 1.29 is 14.3 Å². The van der Waals surface area contributed by atoms with Gasteiger partial charge >= 0.3 is 0 Å². The molecule has 0 aliphatic carbocycles. The van der Waals surface area contributed by atoms with E-state index in [0.29, 0.717) is 28.6 Å². The molecule has 0 atom stereocenters. The first kappa shape index (κ1) is 23.1. The number of pyridine rings is 1. The number of thiophene rings is 1. The number of rotatable bonds is 6. The van der Waals surface area contributed by atoms with Crippen LogP contribution in [0, 0.1) is 0 Å². The fourth-order valence-electron chi connectivity index (χ4n) is 4.67. The highest BCUT2D eigenvalue weighted by Crippen LogP contribution is 2.47. The van der Waals surface area contributed by atoms with Crippen LogP contribution in [0.4, 0.5) is 5.69 Å². The Hall–Kier alpha value is -3.62. The van der Waals surface area contributed by atoms with Crippen molar-refractivity contribution in [1.29, 1.82) is 0 Å². The summed E-state index contributed by atoms with van der Waals surface area (Å²) < 4.78 is 11.4. The standard InChI is InChI=1S/C27H28N4O3S/c1-31-13-12-19-18(15-31)21(17-10-7-11-20(33-2)24(17)34-3)22-23(28)25(35-27(22)30-19)26(32)29-14-16-8-5-4-6-9-16/h4-11H,12-15,28H2,1-3H3,(H,29,32). The van der Waals surface area contributed by atoms with Gasteiger partial charge in [-0.2, -0.15) is 0 Å². The van der Waals surface area contributed by atoms with E-state index < -0.39 is 0 Å². The van der Waals surface area contributed by atoms with Crippen LogP contribution >= 0.6 is 11.3 Å². The molecule has 35 heavy (non-hydrogen) atoms. The highest BCUT2D eigenvalue weighted by molar-refractivity contribution is 7.21. The monoisotopic (exact) mass is 488 g/mol. The first-order valence-electron chi connectivity index (χ1n) is 11.5. The number of likely N-dealkylation sites (N-methyl/N-ethyl adjacent to an activating group) is 1. The van der Waals surface area contributed by atoms with Crippen LogP contribution in [0.25, 0.3) is 21.3 Å². The number of anilines is 1. The van der Waals surface area contributed by atoms with E-state index in [2.05, 4.69) is 17.3 Å². The minimum absolute atomic E-state index is 0.201. The van der Waals surface area contributed by atoms with Crippen LogP contribution in [0.1, 0.15) is 26.5 Å². The van der Waals surface area contributed by atoms with Crippen molar-refractivity contribution >= 4 is 33.1 Å². The van der Waals surface area contributed by atoms with E-state index in [1.165, 1.54) is 11.3 Å². The maximum Gasteiger partial charge on any atom is 0.263 e. The molecule has 0 saturated carbocycles. The van der Waals surface area contributed by atoms with Gasteiger partial charge in [0.1, 0.15) is 9.71 Å². The summed E-state index contributed by atoms with van der Waals surface area (Å²) in [6.45, 7) is 2.09. The number of amides is 1. The molecule has 0 unspecified atom stereocenters.